The van der Waals surface area contributed by atoms with Crippen molar-refractivity contribution in [2.45, 2.75) is 25.7 Å². The van der Waals surface area contributed by atoms with E-state index in [1.807, 2.05) is 18.2 Å². The molecule has 1 saturated heterocycles. The third-order valence-corrected chi connectivity index (χ3v) is 6.10. The zero-order chi connectivity index (χ0) is 25.5. The van der Waals surface area contributed by atoms with E-state index >= 15 is 0 Å². The minimum Gasteiger partial charge on any atom is -0.497 e. The highest BCUT2D eigenvalue weighted by Gasteiger charge is 2.33. The van der Waals surface area contributed by atoms with Crippen molar-refractivity contribution in [3.05, 3.63) is 72.6 Å². The predicted octanol–water partition coefficient (Wildman–Crippen LogP) is 5.08. The van der Waals surface area contributed by atoms with E-state index in [2.05, 4.69) is 14.9 Å². The number of carbonyl (C=O) groups excluding carboxylic acids is 1. The van der Waals surface area contributed by atoms with Gasteiger partial charge in [0, 0.05) is 44.5 Å². The highest BCUT2D eigenvalue weighted by atomic mass is 19.3. The molecule has 0 aliphatic carbocycles. The molecular weight excluding hydrogens is 466 g/mol. The van der Waals surface area contributed by atoms with Crippen LogP contribution >= 0.6 is 0 Å². The molecule has 4 rings (SSSR count). The SMILES string of the molecule is COc1ccc(C(=O)N(CC(C)(F)F)c2ccccn2)c(N2CCC(COc3ccccn3)CC2)c1. The Labute approximate surface area is 209 Å². The average Bonchev–Trinajstić information content (AvgIpc) is 2.91. The Morgan fingerprint density at radius 2 is 1.81 bits per heavy atom. The van der Waals surface area contributed by atoms with Gasteiger partial charge in [-0.25, -0.2) is 18.7 Å². The number of halogens is 2. The van der Waals surface area contributed by atoms with Crippen LogP contribution in [0, 0.1) is 5.92 Å². The second-order valence-corrected chi connectivity index (χ2v) is 8.94. The number of aromatic nitrogens is 2. The summed E-state index contributed by atoms with van der Waals surface area (Å²) in [5.41, 5.74) is 0.984. The number of ether oxygens (including phenoxy) is 2. The lowest BCUT2D eigenvalue weighted by molar-refractivity contribution is 0.0288. The van der Waals surface area contributed by atoms with E-state index in [-0.39, 0.29) is 5.82 Å². The molecule has 1 fully saturated rings. The van der Waals surface area contributed by atoms with Gasteiger partial charge < -0.3 is 14.4 Å². The van der Waals surface area contributed by atoms with Crippen LogP contribution < -0.4 is 19.3 Å². The van der Waals surface area contributed by atoms with Gasteiger partial charge in [-0.05, 0) is 49.1 Å². The van der Waals surface area contributed by atoms with Crippen molar-refractivity contribution >= 4 is 17.4 Å². The molecule has 1 aromatic carbocycles. The number of benzene rings is 1. The average molecular weight is 497 g/mol. The van der Waals surface area contributed by atoms with Crippen molar-refractivity contribution < 1.29 is 23.0 Å². The molecule has 2 aromatic heterocycles. The van der Waals surface area contributed by atoms with Gasteiger partial charge in [0.15, 0.2) is 0 Å². The van der Waals surface area contributed by atoms with Crippen molar-refractivity contribution in [2.24, 2.45) is 5.92 Å². The van der Waals surface area contributed by atoms with Crippen molar-refractivity contribution in [3.8, 4) is 11.6 Å². The number of hydrogen-bond donors (Lipinski definition) is 0. The molecule has 9 heteroatoms. The zero-order valence-corrected chi connectivity index (χ0v) is 20.4. The number of methoxy groups -OCH3 is 1. The Kier molecular flexibility index (Phi) is 7.97. The van der Waals surface area contributed by atoms with E-state index in [0.29, 0.717) is 48.5 Å². The second-order valence-electron chi connectivity index (χ2n) is 8.94. The number of alkyl halides is 2. The minimum absolute atomic E-state index is 0.177. The summed E-state index contributed by atoms with van der Waals surface area (Å²) in [6.45, 7) is 1.96. The maximum Gasteiger partial charge on any atom is 0.263 e. The molecule has 0 radical (unpaired) electrons. The molecule has 0 atom stereocenters. The molecule has 0 N–H and O–H groups in total. The van der Waals surface area contributed by atoms with E-state index < -0.39 is 18.4 Å². The Balaban J connectivity index is 1.53. The minimum atomic E-state index is -3.09. The smallest absolute Gasteiger partial charge is 0.263 e. The van der Waals surface area contributed by atoms with E-state index in [4.69, 9.17) is 9.47 Å². The normalized spacial score (nSPS) is 14.4. The highest BCUT2D eigenvalue weighted by Crippen LogP contribution is 2.32. The summed E-state index contributed by atoms with van der Waals surface area (Å²) in [5.74, 6) is -1.91. The topological polar surface area (TPSA) is 67.8 Å². The van der Waals surface area contributed by atoms with Crippen LogP contribution in [0.1, 0.15) is 30.1 Å². The first-order valence-corrected chi connectivity index (χ1v) is 11.9. The number of hydrogen-bond acceptors (Lipinski definition) is 6. The van der Waals surface area contributed by atoms with Crippen LogP contribution in [-0.2, 0) is 0 Å². The number of amides is 1. The van der Waals surface area contributed by atoms with E-state index in [9.17, 15) is 13.6 Å². The monoisotopic (exact) mass is 496 g/mol. The van der Waals surface area contributed by atoms with Gasteiger partial charge in [0.2, 0.25) is 5.88 Å². The third kappa shape index (κ3) is 6.47. The molecular formula is C27H30F2N4O3. The number of piperidine rings is 1. The molecule has 0 spiro atoms. The molecule has 0 unspecified atom stereocenters. The van der Waals surface area contributed by atoms with E-state index in [1.54, 1.807) is 49.7 Å². The van der Waals surface area contributed by atoms with Gasteiger partial charge in [0.05, 0.1) is 31.5 Å². The standard InChI is InChI=1S/C27H30F2N4O3/c1-27(28,29)19-33(24-7-3-5-13-30-24)26(34)22-10-9-21(35-2)17-23(22)32-15-11-20(12-16-32)18-36-25-8-4-6-14-31-25/h3-10,13-14,17,20H,11-12,15-16,18-19H2,1-2H3. The molecule has 36 heavy (non-hydrogen) atoms. The molecule has 3 aromatic rings. The summed E-state index contributed by atoms with van der Waals surface area (Å²) in [7, 11) is 1.56. The van der Waals surface area contributed by atoms with Gasteiger partial charge in [-0.2, -0.15) is 0 Å². The van der Waals surface area contributed by atoms with Gasteiger partial charge in [-0.3, -0.25) is 9.69 Å². The third-order valence-electron chi connectivity index (χ3n) is 6.10. The lowest BCUT2D eigenvalue weighted by Crippen LogP contribution is -2.42. The number of carbonyl (C=O) groups is 1. The molecule has 1 amide bonds. The van der Waals surface area contributed by atoms with Crippen LogP contribution in [0.15, 0.2) is 67.0 Å². The Hall–Kier alpha value is -3.75. The summed E-state index contributed by atoms with van der Waals surface area (Å²) in [6.07, 6.45) is 4.89. The summed E-state index contributed by atoms with van der Waals surface area (Å²) >= 11 is 0. The van der Waals surface area contributed by atoms with E-state index in [1.165, 1.54) is 6.20 Å². The first-order valence-electron chi connectivity index (χ1n) is 11.9. The fourth-order valence-corrected chi connectivity index (χ4v) is 4.25. The summed E-state index contributed by atoms with van der Waals surface area (Å²) < 4.78 is 39.4. The molecule has 0 bridgehead atoms. The Morgan fingerprint density at radius 3 is 2.42 bits per heavy atom. The van der Waals surface area contributed by atoms with Gasteiger partial charge in [-0.15, -0.1) is 0 Å². The number of rotatable bonds is 9. The summed E-state index contributed by atoms with van der Waals surface area (Å²) in [4.78, 5) is 25.2. The largest absolute Gasteiger partial charge is 0.497 e. The van der Waals surface area contributed by atoms with Crippen molar-refractivity contribution in [1.82, 2.24) is 9.97 Å². The number of nitrogens with zero attached hydrogens (tertiary/aromatic N) is 4. The fourth-order valence-electron chi connectivity index (χ4n) is 4.25. The summed E-state index contributed by atoms with van der Waals surface area (Å²) in [6, 6.07) is 15.6. The molecule has 1 aliphatic rings. The van der Waals surface area contributed by atoms with Crippen molar-refractivity contribution in [3.63, 3.8) is 0 Å². The first-order chi connectivity index (χ1) is 17.3. The van der Waals surface area contributed by atoms with Crippen molar-refractivity contribution in [1.29, 1.82) is 0 Å². The summed E-state index contributed by atoms with van der Waals surface area (Å²) in [5, 5.41) is 0. The molecule has 1 aliphatic heterocycles. The maximum atomic E-state index is 14.1. The zero-order valence-electron chi connectivity index (χ0n) is 20.4. The Bertz CT molecular complexity index is 1130. The molecule has 3 heterocycles. The van der Waals surface area contributed by atoms with Crippen LogP contribution in [0.25, 0.3) is 0 Å². The van der Waals surface area contributed by atoms with Crippen LogP contribution in [0.4, 0.5) is 20.3 Å². The quantitative estimate of drug-likeness (QED) is 0.412. The molecule has 190 valence electrons. The fraction of sp³-hybridized carbons (Fsp3) is 0.370. The lowest BCUT2D eigenvalue weighted by atomic mass is 9.96. The van der Waals surface area contributed by atoms with Gasteiger partial charge in [-0.1, -0.05) is 12.1 Å². The first kappa shape index (κ1) is 25.3. The van der Waals surface area contributed by atoms with Crippen LogP contribution in [0.2, 0.25) is 0 Å². The second kappa shape index (κ2) is 11.3. The molecule has 7 nitrogen and oxygen atoms in total. The van der Waals surface area contributed by atoms with Crippen LogP contribution in [-0.4, -0.2) is 55.1 Å². The van der Waals surface area contributed by atoms with Gasteiger partial charge in [0.1, 0.15) is 11.6 Å². The van der Waals surface area contributed by atoms with Gasteiger partial charge in [0.25, 0.3) is 11.8 Å². The molecule has 0 saturated carbocycles. The van der Waals surface area contributed by atoms with Crippen molar-refractivity contribution in [2.75, 3.05) is 43.2 Å². The van der Waals surface area contributed by atoms with Crippen LogP contribution in [0.5, 0.6) is 11.6 Å². The Morgan fingerprint density at radius 1 is 1.08 bits per heavy atom. The van der Waals surface area contributed by atoms with Gasteiger partial charge >= 0.3 is 0 Å². The van der Waals surface area contributed by atoms with E-state index in [0.717, 1.165) is 24.7 Å². The highest BCUT2D eigenvalue weighted by molar-refractivity contribution is 6.09. The number of pyridine rings is 2. The predicted molar refractivity (Wildman–Crippen MR) is 134 cm³/mol. The van der Waals surface area contributed by atoms with Crippen LogP contribution in [0.3, 0.4) is 0 Å². The maximum absolute atomic E-state index is 14.1. The lowest BCUT2D eigenvalue weighted by Gasteiger charge is -2.35. The number of anilines is 2.